The topological polar surface area (TPSA) is 38.8 Å². The molecule has 3 aromatic rings. The summed E-state index contributed by atoms with van der Waals surface area (Å²) in [6, 6.07) is 16.2. The number of Topliss-reactive ketones (excluding diaryl/α,β-unsaturated/α-hetero) is 1. The summed E-state index contributed by atoms with van der Waals surface area (Å²) in [6.07, 6.45) is 1.82. The third-order valence-electron chi connectivity index (χ3n) is 5.05. The first-order valence-corrected chi connectivity index (χ1v) is 10.1. The van der Waals surface area contributed by atoms with Gasteiger partial charge >= 0.3 is 0 Å². The van der Waals surface area contributed by atoms with E-state index in [4.69, 9.17) is 9.47 Å². The zero-order valence-corrected chi connectivity index (χ0v) is 16.3. The molecule has 2 aromatic carbocycles. The highest BCUT2D eigenvalue weighted by Crippen LogP contribution is 2.44. The molecule has 1 aromatic heterocycles. The Morgan fingerprint density at radius 2 is 2.04 bits per heavy atom. The molecule has 28 heavy (non-hydrogen) atoms. The molecule has 0 saturated carbocycles. The fraction of sp³-hybridized carbons (Fsp3) is 0.174. The van der Waals surface area contributed by atoms with Crippen molar-refractivity contribution < 1.29 is 14.3 Å². The van der Waals surface area contributed by atoms with Gasteiger partial charge in [0.2, 0.25) is 5.78 Å². The summed E-state index contributed by atoms with van der Waals surface area (Å²) < 4.78 is 12.1. The minimum Gasteiger partial charge on any atom is -0.478 e. The third-order valence-corrected chi connectivity index (χ3v) is 5.87. The first-order valence-electron chi connectivity index (χ1n) is 9.22. The minimum absolute atomic E-state index is 0.0520. The average Bonchev–Trinajstić information content (AvgIpc) is 3.32. The van der Waals surface area contributed by atoms with Gasteiger partial charge in [0, 0.05) is 24.0 Å². The van der Waals surface area contributed by atoms with Crippen molar-refractivity contribution in [3.05, 3.63) is 86.8 Å². The molecule has 5 heteroatoms. The molecular weight excluding hydrogens is 370 g/mol. The van der Waals surface area contributed by atoms with Crippen LogP contribution in [-0.2, 0) is 13.1 Å². The van der Waals surface area contributed by atoms with E-state index in [0.717, 1.165) is 28.3 Å². The first-order chi connectivity index (χ1) is 13.7. The van der Waals surface area contributed by atoms with Gasteiger partial charge in [0.15, 0.2) is 5.76 Å². The number of benzene rings is 2. The number of hydrogen-bond acceptors (Lipinski definition) is 5. The molecule has 2 aliphatic heterocycles. The van der Waals surface area contributed by atoms with Gasteiger partial charge in [-0.05, 0) is 35.6 Å². The zero-order chi connectivity index (χ0) is 19.1. The normalized spacial score (nSPS) is 17.2. The molecule has 140 valence electrons. The molecule has 4 nitrogen and oxygen atoms in total. The molecule has 0 fully saturated rings. The van der Waals surface area contributed by atoms with Gasteiger partial charge in [-0.25, -0.2) is 0 Å². The van der Waals surface area contributed by atoms with Crippen molar-refractivity contribution in [3.63, 3.8) is 0 Å². The number of carbonyl (C=O) groups is 1. The minimum atomic E-state index is -0.0520. The van der Waals surface area contributed by atoms with Crippen LogP contribution in [0.2, 0.25) is 0 Å². The predicted molar refractivity (Wildman–Crippen MR) is 110 cm³/mol. The maximum atomic E-state index is 13.0. The van der Waals surface area contributed by atoms with E-state index in [0.29, 0.717) is 30.3 Å². The standard InChI is InChI=1S/C23H19NO3S/c1-15-10-19-18(13-24(14-26-19)12-16-6-3-2-4-7-16)23-21(15)22(25)20(27-23)11-17-8-5-9-28-17/h2-11H,12-14H2,1H3/b20-11-. The van der Waals surface area contributed by atoms with Crippen LogP contribution >= 0.6 is 11.3 Å². The molecule has 0 amide bonds. The van der Waals surface area contributed by atoms with Gasteiger partial charge in [0.05, 0.1) is 11.1 Å². The summed E-state index contributed by atoms with van der Waals surface area (Å²) >= 11 is 1.58. The van der Waals surface area contributed by atoms with E-state index in [9.17, 15) is 4.79 Å². The number of allylic oxidation sites excluding steroid dienone is 1. The lowest BCUT2D eigenvalue weighted by Gasteiger charge is -2.30. The number of ketones is 1. The summed E-state index contributed by atoms with van der Waals surface area (Å²) in [5, 5.41) is 1.99. The van der Waals surface area contributed by atoms with E-state index >= 15 is 0 Å². The summed E-state index contributed by atoms with van der Waals surface area (Å²) in [4.78, 5) is 16.2. The molecule has 0 N–H and O–H groups in total. The van der Waals surface area contributed by atoms with Crippen LogP contribution in [0.3, 0.4) is 0 Å². The van der Waals surface area contributed by atoms with Crippen LogP contribution in [0, 0.1) is 6.92 Å². The molecule has 0 unspecified atom stereocenters. The first kappa shape index (κ1) is 17.2. The van der Waals surface area contributed by atoms with Gasteiger partial charge < -0.3 is 9.47 Å². The van der Waals surface area contributed by atoms with Crippen molar-refractivity contribution in [2.75, 3.05) is 6.73 Å². The number of carbonyl (C=O) groups excluding carboxylic acids is 1. The van der Waals surface area contributed by atoms with Gasteiger partial charge in [0.25, 0.3) is 0 Å². The van der Waals surface area contributed by atoms with Gasteiger partial charge in [0.1, 0.15) is 18.2 Å². The van der Waals surface area contributed by atoms with E-state index < -0.39 is 0 Å². The fourth-order valence-electron chi connectivity index (χ4n) is 3.72. The molecule has 0 spiro atoms. The second-order valence-corrected chi connectivity index (χ2v) is 8.05. The molecule has 3 heterocycles. The average molecular weight is 389 g/mol. The van der Waals surface area contributed by atoms with E-state index in [1.165, 1.54) is 5.56 Å². The maximum absolute atomic E-state index is 13.0. The number of thiophene rings is 1. The van der Waals surface area contributed by atoms with Gasteiger partial charge in [-0.1, -0.05) is 36.4 Å². The number of rotatable bonds is 3. The second-order valence-electron chi connectivity index (χ2n) is 7.08. The molecule has 2 aliphatic rings. The molecule has 0 atom stereocenters. The lowest BCUT2D eigenvalue weighted by atomic mass is 9.98. The largest absolute Gasteiger partial charge is 0.478 e. The molecule has 0 bridgehead atoms. The highest BCUT2D eigenvalue weighted by molar-refractivity contribution is 7.10. The van der Waals surface area contributed by atoms with Crippen molar-refractivity contribution in [2.45, 2.75) is 20.0 Å². The van der Waals surface area contributed by atoms with Crippen LogP contribution in [0.5, 0.6) is 11.5 Å². The summed E-state index contributed by atoms with van der Waals surface area (Å²) in [5.74, 6) is 1.80. The van der Waals surface area contributed by atoms with E-state index in [-0.39, 0.29) is 5.78 Å². The lowest BCUT2D eigenvalue weighted by molar-refractivity contribution is 0.0872. The zero-order valence-electron chi connectivity index (χ0n) is 15.5. The Labute approximate surface area is 167 Å². The highest BCUT2D eigenvalue weighted by Gasteiger charge is 2.35. The number of nitrogens with zero attached hydrogens (tertiary/aromatic N) is 1. The Morgan fingerprint density at radius 3 is 2.82 bits per heavy atom. The van der Waals surface area contributed by atoms with Crippen molar-refractivity contribution in [3.8, 4) is 11.5 Å². The van der Waals surface area contributed by atoms with E-state index in [1.807, 2.05) is 54.8 Å². The number of ether oxygens (including phenoxy) is 2. The van der Waals surface area contributed by atoms with E-state index in [1.54, 1.807) is 11.3 Å². The van der Waals surface area contributed by atoms with Gasteiger partial charge in [-0.15, -0.1) is 11.3 Å². The van der Waals surface area contributed by atoms with Crippen LogP contribution in [0.4, 0.5) is 0 Å². The van der Waals surface area contributed by atoms with Gasteiger partial charge in [-0.3, -0.25) is 9.69 Å². The Bertz CT molecular complexity index is 1070. The Hall–Kier alpha value is -2.89. The van der Waals surface area contributed by atoms with Gasteiger partial charge in [-0.2, -0.15) is 0 Å². The van der Waals surface area contributed by atoms with Crippen molar-refractivity contribution >= 4 is 23.2 Å². The van der Waals surface area contributed by atoms with Crippen molar-refractivity contribution in [1.82, 2.24) is 4.90 Å². The molecule has 0 aliphatic carbocycles. The Morgan fingerprint density at radius 1 is 1.18 bits per heavy atom. The second kappa shape index (κ2) is 6.93. The SMILES string of the molecule is Cc1cc2c(c3c1C(=O)/C(=C/c1cccs1)O3)CN(Cc1ccccc1)CO2. The number of aryl methyl sites for hydroxylation is 1. The highest BCUT2D eigenvalue weighted by atomic mass is 32.1. The van der Waals surface area contributed by atoms with Crippen LogP contribution in [0.1, 0.15) is 31.9 Å². The molecule has 0 saturated heterocycles. The maximum Gasteiger partial charge on any atom is 0.232 e. The predicted octanol–water partition coefficient (Wildman–Crippen LogP) is 5.02. The Balaban J connectivity index is 1.48. The molecule has 5 rings (SSSR count). The Kier molecular flexibility index (Phi) is 4.26. The van der Waals surface area contributed by atoms with Crippen LogP contribution in [-0.4, -0.2) is 17.4 Å². The fourth-order valence-corrected chi connectivity index (χ4v) is 4.37. The third kappa shape index (κ3) is 3.03. The summed E-state index contributed by atoms with van der Waals surface area (Å²) in [6.45, 7) is 3.93. The molecular formula is C23H19NO3S. The van der Waals surface area contributed by atoms with Crippen molar-refractivity contribution in [1.29, 1.82) is 0 Å². The molecule has 0 radical (unpaired) electrons. The lowest BCUT2D eigenvalue weighted by Crippen LogP contribution is -2.31. The quantitative estimate of drug-likeness (QED) is 0.589. The monoisotopic (exact) mass is 389 g/mol. The number of hydrogen-bond donors (Lipinski definition) is 0. The van der Waals surface area contributed by atoms with E-state index in [2.05, 4.69) is 17.0 Å². The van der Waals surface area contributed by atoms with Crippen LogP contribution < -0.4 is 9.47 Å². The number of fused-ring (bicyclic) bond motifs is 3. The van der Waals surface area contributed by atoms with Crippen LogP contribution in [0.25, 0.3) is 6.08 Å². The van der Waals surface area contributed by atoms with Crippen molar-refractivity contribution in [2.24, 2.45) is 0 Å². The smallest absolute Gasteiger partial charge is 0.232 e. The summed E-state index contributed by atoms with van der Waals surface area (Å²) in [5.41, 5.74) is 3.73. The summed E-state index contributed by atoms with van der Waals surface area (Å²) in [7, 11) is 0. The van der Waals surface area contributed by atoms with Crippen LogP contribution in [0.15, 0.2) is 59.7 Å².